The third-order valence-electron chi connectivity index (χ3n) is 7.00. The largest absolute Gasteiger partial charge is 0.508 e. The molecule has 4 unspecified atom stereocenters. The summed E-state index contributed by atoms with van der Waals surface area (Å²) in [5, 5.41) is 25.4. The van der Waals surface area contributed by atoms with Crippen LogP contribution in [0.3, 0.4) is 0 Å². The molecule has 3 rings (SSSR count). The third-order valence-corrected chi connectivity index (χ3v) is 10.1. The van der Waals surface area contributed by atoms with Crippen molar-refractivity contribution in [2.45, 2.75) is 65.5 Å². The first-order valence-electron chi connectivity index (χ1n) is 21.2. The van der Waals surface area contributed by atoms with Crippen molar-refractivity contribution in [1.82, 2.24) is 24.6 Å². The summed E-state index contributed by atoms with van der Waals surface area (Å²) in [6, 6.07) is 11.4. The topological polar surface area (TPSA) is 403 Å². The van der Waals surface area contributed by atoms with Gasteiger partial charge in [0.2, 0.25) is 13.3 Å². The van der Waals surface area contributed by atoms with Gasteiger partial charge in [-0.3, -0.25) is 57.3 Å². The predicted molar refractivity (Wildman–Crippen MR) is 279 cm³/mol. The van der Waals surface area contributed by atoms with Gasteiger partial charge in [-0.15, -0.1) is 0 Å². The molecular weight excluding hydrogens is 1370 g/mol. The number of phenolic OH excluding ortho intramolecular Hbond substituents is 2. The third kappa shape index (κ3) is 55.8. The normalized spacial score (nSPS) is 12.9. The number of carbonyl (C=O) groups is 4. The van der Waals surface area contributed by atoms with Gasteiger partial charge < -0.3 is 54.9 Å². The van der Waals surface area contributed by atoms with Crippen molar-refractivity contribution in [3.8, 4) is 11.5 Å². The summed E-state index contributed by atoms with van der Waals surface area (Å²) in [5.74, 6) is -4.58. The Bertz CT molecular complexity index is 2200. The molecule has 74 heavy (non-hydrogen) atoms. The molecule has 0 aliphatic carbocycles. The predicted octanol–water partition coefficient (Wildman–Crippen LogP) is 5.87. The number of halogens is 2. The van der Waals surface area contributed by atoms with Crippen LogP contribution < -0.4 is 32.0 Å². The number of aromatic hydroxyl groups is 2. The van der Waals surface area contributed by atoms with E-state index in [-0.39, 0.29) is 126 Å². The minimum Gasteiger partial charge on any atom is -0.508 e. The van der Waals surface area contributed by atoms with E-state index in [9.17, 15) is 52.0 Å². The fourth-order valence-electron chi connectivity index (χ4n) is 4.15. The van der Waals surface area contributed by atoms with E-state index in [0.717, 1.165) is 37.3 Å². The van der Waals surface area contributed by atoms with Crippen LogP contribution >= 0.6 is 58.3 Å². The molecule has 0 saturated carbocycles. The molecule has 420 valence electrons. The molecular formula is C40H71Cl2N8O17P5Pr2-2. The van der Waals surface area contributed by atoms with Crippen LogP contribution in [0.25, 0.3) is 0 Å². The Morgan fingerprint density at radius 3 is 1.35 bits per heavy atom. The van der Waals surface area contributed by atoms with Crippen LogP contribution in [0.15, 0.2) is 67.3 Å². The standard InChI is InChI=1S/C13H20NO5P.C12H17NO3.C9H17N2O5P.C4H7N2O2P.CH3Cl2OP.CH7N2OP.2Pr/c1-3-8-19-13(16)12(14-20(2,17)18)9-10-4-6-11(15)7-5-10;1-2-7-16-12(15)11(13)8-9-3-5-10(14)6-4-9;1-4-15-8(12)6-10-17(3,14)11-7-9(13)16-5-2;1-9(7,8)6-3-2-5-4-6;2*1-5(2,3)4;;/h4-7,12,15H,3,8-9H2,1-2H3,(H2,14,17,18);3-6,11,14H,2,7-8,13H2,1H3;6-7H,4-5H2,1-3H3,(H2,10,11,14);2-4H,1H3,(H,7,8);1H3;1H3,(H4,2,3,4);;/q;;-2;;;;;. The fraction of sp³-hybridized carbons (Fsp3) is 0.475. The summed E-state index contributed by atoms with van der Waals surface area (Å²) in [6.45, 7) is 16.4. The second-order valence-corrected chi connectivity index (χ2v) is 29.2. The average Bonchev–Trinajstić information content (AvgIpc) is 3.81. The molecule has 34 heteroatoms. The number of rotatable bonds is 21. The Kier molecular flexibility index (Phi) is 48.5. The van der Waals surface area contributed by atoms with Gasteiger partial charge in [-0.2, -0.15) is 0 Å². The number of hydrogen-bond donors (Lipinski definition) is 10. The first kappa shape index (κ1) is 81.8. The van der Waals surface area contributed by atoms with E-state index in [1.165, 1.54) is 61.9 Å². The van der Waals surface area contributed by atoms with E-state index >= 15 is 0 Å². The Balaban J connectivity index is -0.000000272. The van der Waals surface area contributed by atoms with Crippen molar-refractivity contribution in [2.75, 3.05) is 59.8 Å². The summed E-state index contributed by atoms with van der Waals surface area (Å²) in [6.07, 6.45) is 6.34. The van der Waals surface area contributed by atoms with Gasteiger partial charge in [0.25, 0.3) is 15.0 Å². The summed E-state index contributed by atoms with van der Waals surface area (Å²) < 4.78 is 73.8. The molecule has 0 amide bonds. The van der Waals surface area contributed by atoms with Gasteiger partial charge in [0.05, 0.1) is 26.4 Å². The maximum atomic E-state index is 11.9. The van der Waals surface area contributed by atoms with Crippen LogP contribution in [0, 0.1) is 95.7 Å². The number of imidazole rings is 1. The van der Waals surface area contributed by atoms with Gasteiger partial charge in [0, 0.05) is 128 Å². The van der Waals surface area contributed by atoms with Crippen LogP contribution in [-0.4, -0.2) is 125 Å². The van der Waals surface area contributed by atoms with E-state index in [1.807, 2.05) is 13.8 Å². The number of ether oxygens (including phenoxy) is 4. The van der Waals surface area contributed by atoms with Gasteiger partial charge >= 0.3 is 11.9 Å². The van der Waals surface area contributed by atoms with Gasteiger partial charge in [-0.05, 0) is 97.4 Å². The Morgan fingerprint density at radius 1 is 0.689 bits per heavy atom. The van der Waals surface area contributed by atoms with Crippen molar-refractivity contribution in [2.24, 2.45) is 16.7 Å². The van der Waals surface area contributed by atoms with Gasteiger partial charge in [0.15, 0.2) is 19.4 Å². The number of hydrogen-bond acceptors (Lipinski definition) is 17. The molecule has 13 N–H and O–H groups in total. The van der Waals surface area contributed by atoms with E-state index < -0.39 is 65.8 Å². The van der Waals surface area contributed by atoms with Crippen LogP contribution in [0.4, 0.5) is 0 Å². The number of nitrogens with zero attached hydrogens (tertiary/aromatic N) is 2. The minimum atomic E-state index is -3.55. The maximum absolute atomic E-state index is 11.9. The van der Waals surface area contributed by atoms with Crippen LogP contribution in [0.2, 0.25) is 0 Å². The smallest absolute Gasteiger partial charge is 0.323 e. The second-order valence-electron chi connectivity index (χ2n) is 14.8. The Hall–Kier alpha value is -0.993. The fourth-order valence-corrected chi connectivity index (χ4v) is 6.26. The summed E-state index contributed by atoms with van der Waals surface area (Å²) >= 11 is 9.70. The van der Waals surface area contributed by atoms with Crippen molar-refractivity contribution in [1.29, 1.82) is 0 Å². The number of esters is 4. The molecule has 3 aromatic rings. The van der Waals surface area contributed by atoms with E-state index in [1.54, 1.807) is 50.2 Å². The molecule has 0 spiro atoms. The number of nitrogens with one attached hydrogen (secondary N) is 3. The van der Waals surface area contributed by atoms with E-state index in [0.29, 0.717) is 19.4 Å². The zero-order valence-corrected chi connectivity index (χ0v) is 56.1. The van der Waals surface area contributed by atoms with Gasteiger partial charge in [-0.25, -0.2) is 23.2 Å². The number of benzene rings is 2. The molecule has 0 fully saturated rings. The molecule has 4 atom stereocenters. The van der Waals surface area contributed by atoms with Crippen LogP contribution in [0.1, 0.15) is 51.7 Å². The number of phenols is 2. The molecule has 0 bridgehead atoms. The van der Waals surface area contributed by atoms with E-state index in [4.69, 9.17) is 47.7 Å². The molecule has 0 aliphatic rings. The molecule has 2 aromatic carbocycles. The Morgan fingerprint density at radius 2 is 1.05 bits per heavy atom. The van der Waals surface area contributed by atoms with Crippen LogP contribution in [-0.2, 0) is 73.8 Å². The molecule has 2 radical (unpaired) electrons. The SMILES string of the molecule is CCCOC(=O)C(Cc1ccc(O)cc1)NP(C)(=O)O.CCCOC(=O)C(N)Cc1ccc(O)cc1.CCOC(=O)[CH-]NP(C)(=O)N[CH-]C(=O)OCC.CP(=O)(Cl)Cl.CP(=O)(O)n1ccnc1.CP(N)(N)=O.[Pr].[Pr]. The van der Waals surface area contributed by atoms with Gasteiger partial charge in [0.1, 0.15) is 29.9 Å². The molecule has 0 saturated heterocycles. The number of carbonyl (C=O) groups excluding carboxylic acids is 4. The number of nitrogens with two attached hydrogens (primary N) is 3. The first-order valence-corrected chi connectivity index (χ1v) is 33.8. The molecule has 0 aliphatic heterocycles. The zero-order chi connectivity index (χ0) is 56.4. The summed E-state index contributed by atoms with van der Waals surface area (Å²) in [5.41, 5.74) is 16.7. The number of aromatic nitrogens is 2. The van der Waals surface area contributed by atoms with Crippen molar-refractivity contribution in [3.05, 3.63) is 91.5 Å². The quantitative estimate of drug-likeness (QED) is 0.0258. The molecule has 1 aromatic heterocycles. The average molecular weight is 1440 g/mol. The van der Waals surface area contributed by atoms with E-state index in [2.05, 4.69) is 40.7 Å². The summed E-state index contributed by atoms with van der Waals surface area (Å²) in [4.78, 5) is 67.0. The Labute approximate surface area is 509 Å². The monoisotopic (exact) mass is 1440 g/mol. The maximum Gasteiger partial charge on any atom is 0.323 e. The van der Waals surface area contributed by atoms with Crippen molar-refractivity contribution >= 4 is 82.1 Å². The minimum absolute atomic E-state index is 0. The zero-order valence-electron chi connectivity index (χ0n) is 42.7. The molecule has 1 heterocycles. The van der Waals surface area contributed by atoms with Gasteiger partial charge in [-0.1, -0.05) is 38.1 Å². The first-order chi connectivity index (χ1) is 33.0. The van der Waals surface area contributed by atoms with Crippen molar-refractivity contribution < 1.29 is 164 Å². The van der Waals surface area contributed by atoms with Crippen molar-refractivity contribution in [3.63, 3.8) is 0 Å². The van der Waals surface area contributed by atoms with Crippen LogP contribution in [0.5, 0.6) is 11.5 Å². The second kappa shape index (κ2) is 43.8. The summed E-state index contributed by atoms with van der Waals surface area (Å²) in [7, 11) is -12.4. The molecule has 25 nitrogen and oxygen atoms in total.